The van der Waals surface area contributed by atoms with Gasteiger partial charge >= 0.3 is 6.09 Å². The van der Waals surface area contributed by atoms with Gasteiger partial charge in [0.1, 0.15) is 12.4 Å². The molecule has 0 fully saturated rings. The first-order valence-corrected chi connectivity index (χ1v) is 9.50. The van der Waals surface area contributed by atoms with E-state index in [1.165, 1.54) is 29.3 Å². The first kappa shape index (κ1) is 19.4. The van der Waals surface area contributed by atoms with Crippen molar-refractivity contribution in [3.05, 3.63) is 94.8 Å². The topological polar surface area (TPSA) is 55.4 Å². The predicted octanol–water partition coefficient (Wildman–Crippen LogP) is 4.53. The van der Waals surface area contributed by atoms with Gasteiger partial charge in [0, 0.05) is 11.5 Å². The van der Waals surface area contributed by atoms with Crippen molar-refractivity contribution in [2.45, 2.75) is 5.92 Å². The standard InChI is InChI=1S/C25H18FNO3/c26-24-12-11-17(14-18(24)15-28)6-5-13-27-25(29)30-16-23-21-9-3-1-7-19(21)20-8-2-4-10-22(20)23/h1-4,7-12,14-15,23H,13,16H2,(H,27,29). The Morgan fingerprint density at radius 3 is 2.37 bits per heavy atom. The highest BCUT2D eigenvalue weighted by molar-refractivity contribution is 5.79. The van der Waals surface area contributed by atoms with Crippen LogP contribution in [0.2, 0.25) is 0 Å². The number of carbonyl (C=O) groups is 2. The molecular formula is C25H18FNO3. The van der Waals surface area contributed by atoms with Crippen LogP contribution < -0.4 is 5.32 Å². The van der Waals surface area contributed by atoms with Gasteiger partial charge in [-0.25, -0.2) is 9.18 Å². The zero-order valence-electron chi connectivity index (χ0n) is 16.0. The summed E-state index contributed by atoms with van der Waals surface area (Å²) in [5.74, 6) is 4.95. The van der Waals surface area contributed by atoms with E-state index in [9.17, 15) is 14.0 Å². The van der Waals surface area contributed by atoms with Crippen LogP contribution in [0, 0.1) is 17.7 Å². The molecule has 1 amide bonds. The number of alkyl carbamates (subject to hydrolysis) is 1. The molecule has 0 aromatic heterocycles. The molecule has 0 spiro atoms. The first-order chi connectivity index (χ1) is 14.7. The van der Waals surface area contributed by atoms with Gasteiger partial charge in [-0.05, 0) is 40.5 Å². The Labute approximate surface area is 173 Å². The molecule has 0 radical (unpaired) electrons. The fraction of sp³-hybridized carbons (Fsp3) is 0.120. The van der Waals surface area contributed by atoms with Gasteiger partial charge in [0.25, 0.3) is 0 Å². The molecule has 0 atom stereocenters. The SMILES string of the molecule is O=Cc1cc(C#CCNC(=O)OCC2c3ccccc3-c3ccccc32)ccc1F. The van der Waals surface area contributed by atoms with Crippen molar-refractivity contribution in [2.75, 3.05) is 13.2 Å². The molecule has 1 N–H and O–H groups in total. The average molecular weight is 399 g/mol. The third-order valence-electron chi connectivity index (χ3n) is 5.02. The van der Waals surface area contributed by atoms with E-state index in [2.05, 4.69) is 41.4 Å². The van der Waals surface area contributed by atoms with E-state index in [-0.39, 0.29) is 24.6 Å². The molecule has 0 bridgehead atoms. The van der Waals surface area contributed by atoms with Gasteiger partial charge in [-0.1, -0.05) is 60.4 Å². The smallest absolute Gasteiger partial charge is 0.407 e. The predicted molar refractivity (Wildman–Crippen MR) is 112 cm³/mol. The van der Waals surface area contributed by atoms with Crippen LogP contribution in [0.4, 0.5) is 9.18 Å². The molecule has 1 aliphatic carbocycles. The maximum absolute atomic E-state index is 13.3. The Morgan fingerprint density at radius 2 is 1.70 bits per heavy atom. The molecule has 1 aliphatic rings. The molecule has 4 rings (SSSR count). The second-order valence-electron chi connectivity index (χ2n) is 6.84. The van der Waals surface area contributed by atoms with Crippen molar-refractivity contribution >= 4 is 12.4 Å². The summed E-state index contributed by atoms with van der Waals surface area (Å²) in [4.78, 5) is 22.9. The lowest BCUT2D eigenvalue weighted by Gasteiger charge is -2.14. The summed E-state index contributed by atoms with van der Waals surface area (Å²) < 4.78 is 18.7. The van der Waals surface area contributed by atoms with E-state index >= 15 is 0 Å². The number of benzene rings is 3. The van der Waals surface area contributed by atoms with Crippen LogP contribution in [0.3, 0.4) is 0 Å². The molecule has 3 aromatic rings. The minimum Gasteiger partial charge on any atom is -0.449 e. The third-order valence-corrected chi connectivity index (χ3v) is 5.02. The summed E-state index contributed by atoms with van der Waals surface area (Å²) in [6, 6.07) is 20.3. The van der Waals surface area contributed by atoms with Crippen molar-refractivity contribution in [1.29, 1.82) is 0 Å². The van der Waals surface area contributed by atoms with Gasteiger partial charge in [0.05, 0.1) is 12.1 Å². The lowest BCUT2D eigenvalue weighted by atomic mass is 9.98. The van der Waals surface area contributed by atoms with Crippen LogP contribution in [0.1, 0.15) is 33.0 Å². The number of rotatable bonds is 4. The van der Waals surface area contributed by atoms with Crippen LogP contribution >= 0.6 is 0 Å². The normalized spacial score (nSPS) is 11.6. The van der Waals surface area contributed by atoms with Gasteiger partial charge < -0.3 is 10.1 Å². The monoisotopic (exact) mass is 399 g/mol. The van der Waals surface area contributed by atoms with Crippen molar-refractivity contribution in [3.8, 4) is 23.0 Å². The molecule has 3 aromatic carbocycles. The highest BCUT2D eigenvalue weighted by Gasteiger charge is 2.28. The number of nitrogens with one attached hydrogen (secondary N) is 1. The zero-order chi connectivity index (χ0) is 20.9. The van der Waals surface area contributed by atoms with Crippen LogP contribution in [-0.4, -0.2) is 25.5 Å². The number of hydrogen-bond donors (Lipinski definition) is 1. The summed E-state index contributed by atoms with van der Waals surface area (Å²) in [6.07, 6.45) is -0.117. The van der Waals surface area contributed by atoms with Gasteiger partial charge in [-0.3, -0.25) is 4.79 Å². The van der Waals surface area contributed by atoms with Crippen LogP contribution in [0.25, 0.3) is 11.1 Å². The number of halogens is 1. The Bertz CT molecular complexity index is 1130. The Hall–Kier alpha value is -3.91. The maximum atomic E-state index is 13.3. The average Bonchev–Trinajstić information content (AvgIpc) is 3.10. The molecule has 0 heterocycles. The summed E-state index contributed by atoms with van der Waals surface area (Å²) in [7, 11) is 0. The second-order valence-corrected chi connectivity index (χ2v) is 6.84. The first-order valence-electron chi connectivity index (χ1n) is 9.50. The minimum atomic E-state index is -0.590. The van der Waals surface area contributed by atoms with Crippen LogP contribution in [0.5, 0.6) is 0 Å². The van der Waals surface area contributed by atoms with Crippen molar-refractivity contribution < 1.29 is 18.7 Å². The van der Waals surface area contributed by atoms with E-state index in [1.807, 2.05) is 24.3 Å². The summed E-state index contributed by atoms with van der Waals surface area (Å²) in [6.45, 7) is 0.304. The molecule has 148 valence electrons. The number of ether oxygens (including phenoxy) is 1. The number of carbonyl (C=O) groups excluding carboxylic acids is 2. The summed E-state index contributed by atoms with van der Waals surface area (Å²) in [5, 5.41) is 2.59. The lowest BCUT2D eigenvalue weighted by Crippen LogP contribution is -2.26. The van der Waals surface area contributed by atoms with Gasteiger partial charge in [-0.2, -0.15) is 0 Å². The largest absolute Gasteiger partial charge is 0.449 e. The quantitative estimate of drug-likeness (QED) is 0.518. The van der Waals surface area contributed by atoms with Gasteiger partial charge in [0.2, 0.25) is 0 Å². The van der Waals surface area contributed by atoms with E-state index < -0.39 is 11.9 Å². The molecule has 5 heteroatoms. The van der Waals surface area contributed by atoms with Crippen molar-refractivity contribution in [1.82, 2.24) is 5.32 Å². The van der Waals surface area contributed by atoms with E-state index in [1.54, 1.807) is 0 Å². The fourth-order valence-corrected chi connectivity index (χ4v) is 3.62. The Balaban J connectivity index is 1.35. The van der Waals surface area contributed by atoms with Crippen LogP contribution in [0.15, 0.2) is 66.7 Å². The summed E-state index contributed by atoms with van der Waals surface area (Å²) >= 11 is 0. The van der Waals surface area contributed by atoms with Crippen molar-refractivity contribution in [3.63, 3.8) is 0 Å². The highest BCUT2D eigenvalue weighted by Crippen LogP contribution is 2.44. The summed E-state index contributed by atoms with van der Waals surface area (Å²) in [5.41, 5.74) is 5.07. The molecular weight excluding hydrogens is 381 g/mol. The Kier molecular flexibility index (Phi) is 5.58. The number of hydrogen-bond acceptors (Lipinski definition) is 3. The van der Waals surface area contributed by atoms with Crippen molar-refractivity contribution in [2.24, 2.45) is 0 Å². The molecule has 30 heavy (non-hydrogen) atoms. The molecule has 0 aliphatic heterocycles. The maximum Gasteiger partial charge on any atom is 0.407 e. The molecule has 0 saturated carbocycles. The van der Waals surface area contributed by atoms with E-state index in [0.29, 0.717) is 11.8 Å². The minimum absolute atomic E-state index is 0.00443. The van der Waals surface area contributed by atoms with E-state index in [4.69, 9.17) is 4.74 Å². The number of fused-ring (bicyclic) bond motifs is 3. The van der Waals surface area contributed by atoms with Gasteiger partial charge in [-0.15, -0.1) is 0 Å². The lowest BCUT2D eigenvalue weighted by molar-refractivity contribution is 0.111. The number of aldehydes is 1. The third kappa shape index (κ3) is 3.94. The Morgan fingerprint density at radius 1 is 1.03 bits per heavy atom. The molecule has 4 nitrogen and oxygen atoms in total. The zero-order valence-corrected chi connectivity index (χ0v) is 16.0. The van der Waals surface area contributed by atoms with Gasteiger partial charge in [0.15, 0.2) is 6.29 Å². The molecule has 0 unspecified atom stereocenters. The second kappa shape index (κ2) is 8.62. The molecule has 0 saturated heterocycles. The highest BCUT2D eigenvalue weighted by atomic mass is 19.1. The van der Waals surface area contributed by atoms with Crippen LogP contribution in [-0.2, 0) is 4.74 Å². The fourth-order valence-electron chi connectivity index (χ4n) is 3.62. The number of amides is 1. The van der Waals surface area contributed by atoms with E-state index in [0.717, 1.165) is 11.1 Å².